The van der Waals surface area contributed by atoms with Gasteiger partial charge in [-0.3, -0.25) is 4.79 Å². The van der Waals surface area contributed by atoms with E-state index in [4.69, 9.17) is 10.4 Å². The van der Waals surface area contributed by atoms with Crippen LogP contribution in [-0.4, -0.2) is 45.0 Å². The number of nitrogens with two attached hydrogens (primary N) is 1. The standard InChI is InChI=1S/C12H12N6O2/c1-17(2)12(19)8-5-6-18(14-8)9-4-3-7(13)10-11(9)16-20-15-10/h3-6H,13H2,1-2H3. The molecule has 0 aliphatic heterocycles. The lowest BCUT2D eigenvalue weighted by atomic mass is 10.2. The van der Waals surface area contributed by atoms with Crippen molar-refractivity contribution < 1.29 is 9.42 Å². The Hall–Kier alpha value is -2.90. The summed E-state index contributed by atoms with van der Waals surface area (Å²) < 4.78 is 6.25. The van der Waals surface area contributed by atoms with Gasteiger partial charge in [0.15, 0.2) is 16.7 Å². The lowest BCUT2D eigenvalue weighted by Gasteiger charge is -2.07. The number of carbonyl (C=O) groups is 1. The quantitative estimate of drug-likeness (QED) is 0.688. The molecule has 3 rings (SSSR count). The lowest BCUT2D eigenvalue weighted by Crippen LogP contribution is -2.22. The number of rotatable bonds is 2. The Bertz CT molecular complexity index is 788. The second kappa shape index (κ2) is 4.34. The highest BCUT2D eigenvalue weighted by molar-refractivity contribution is 5.93. The van der Waals surface area contributed by atoms with Crippen LogP contribution in [0.1, 0.15) is 10.5 Å². The number of nitrogen functional groups attached to an aromatic ring is 1. The van der Waals surface area contributed by atoms with Crippen LogP contribution in [-0.2, 0) is 0 Å². The average molecular weight is 272 g/mol. The number of aromatic nitrogens is 4. The van der Waals surface area contributed by atoms with Crippen LogP contribution >= 0.6 is 0 Å². The molecular formula is C12H12N6O2. The number of hydrogen-bond acceptors (Lipinski definition) is 6. The first-order valence-corrected chi connectivity index (χ1v) is 5.86. The molecule has 0 saturated heterocycles. The van der Waals surface area contributed by atoms with Gasteiger partial charge in [0.05, 0.1) is 11.4 Å². The fourth-order valence-corrected chi connectivity index (χ4v) is 1.86. The van der Waals surface area contributed by atoms with Crippen molar-refractivity contribution in [2.75, 3.05) is 19.8 Å². The molecule has 2 N–H and O–H groups in total. The van der Waals surface area contributed by atoms with Crippen molar-refractivity contribution in [3.05, 3.63) is 30.1 Å². The maximum absolute atomic E-state index is 11.8. The lowest BCUT2D eigenvalue weighted by molar-refractivity contribution is 0.0821. The van der Waals surface area contributed by atoms with Crippen LogP contribution in [0.2, 0.25) is 0 Å². The van der Waals surface area contributed by atoms with Crippen molar-refractivity contribution in [2.24, 2.45) is 0 Å². The van der Waals surface area contributed by atoms with Gasteiger partial charge in [-0.1, -0.05) is 0 Å². The van der Waals surface area contributed by atoms with Crippen molar-refractivity contribution >= 4 is 22.6 Å². The van der Waals surface area contributed by atoms with Crippen molar-refractivity contribution in [3.8, 4) is 5.69 Å². The minimum atomic E-state index is -0.172. The Morgan fingerprint density at radius 2 is 2.00 bits per heavy atom. The van der Waals surface area contributed by atoms with Crippen LogP contribution in [0.4, 0.5) is 5.69 Å². The third-order valence-electron chi connectivity index (χ3n) is 2.89. The minimum Gasteiger partial charge on any atom is -0.397 e. The molecule has 0 fully saturated rings. The molecule has 0 aliphatic carbocycles. The van der Waals surface area contributed by atoms with E-state index in [9.17, 15) is 4.79 Å². The van der Waals surface area contributed by atoms with Gasteiger partial charge < -0.3 is 10.6 Å². The van der Waals surface area contributed by atoms with Gasteiger partial charge in [0.2, 0.25) is 0 Å². The summed E-state index contributed by atoms with van der Waals surface area (Å²) >= 11 is 0. The van der Waals surface area contributed by atoms with Crippen LogP contribution in [0.15, 0.2) is 29.0 Å². The topological polar surface area (TPSA) is 103 Å². The van der Waals surface area contributed by atoms with Gasteiger partial charge >= 0.3 is 0 Å². The van der Waals surface area contributed by atoms with Gasteiger partial charge in [0.25, 0.3) is 5.91 Å². The van der Waals surface area contributed by atoms with Crippen LogP contribution in [0.3, 0.4) is 0 Å². The van der Waals surface area contributed by atoms with Gasteiger partial charge in [0.1, 0.15) is 0 Å². The normalized spacial score (nSPS) is 10.9. The summed E-state index contributed by atoms with van der Waals surface area (Å²) in [6.45, 7) is 0. The summed E-state index contributed by atoms with van der Waals surface area (Å²) in [4.78, 5) is 13.3. The number of anilines is 1. The van der Waals surface area contributed by atoms with E-state index >= 15 is 0 Å². The Kier molecular flexibility index (Phi) is 2.63. The monoisotopic (exact) mass is 272 g/mol. The molecule has 0 bridgehead atoms. The molecule has 20 heavy (non-hydrogen) atoms. The highest BCUT2D eigenvalue weighted by Crippen LogP contribution is 2.23. The number of benzene rings is 1. The zero-order valence-electron chi connectivity index (χ0n) is 10.9. The predicted molar refractivity (Wildman–Crippen MR) is 71.4 cm³/mol. The molecule has 0 atom stereocenters. The molecule has 0 spiro atoms. The van der Waals surface area contributed by atoms with Crippen LogP contribution in [0.5, 0.6) is 0 Å². The van der Waals surface area contributed by atoms with Gasteiger partial charge in [-0.25, -0.2) is 9.31 Å². The van der Waals surface area contributed by atoms with Gasteiger partial charge in [-0.15, -0.1) is 0 Å². The van der Waals surface area contributed by atoms with E-state index in [0.29, 0.717) is 28.1 Å². The number of fused-ring (bicyclic) bond motifs is 1. The van der Waals surface area contributed by atoms with Crippen LogP contribution < -0.4 is 5.73 Å². The largest absolute Gasteiger partial charge is 0.397 e. The second-order valence-corrected chi connectivity index (χ2v) is 4.48. The maximum Gasteiger partial charge on any atom is 0.273 e. The number of carbonyl (C=O) groups excluding carboxylic acids is 1. The fraction of sp³-hybridized carbons (Fsp3) is 0.167. The van der Waals surface area contributed by atoms with E-state index in [1.807, 2.05) is 0 Å². The number of hydrogen-bond donors (Lipinski definition) is 1. The first-order valence-electron chi connectivity index (χ1n) is 5.86. The van der Waals surface area contributed by atoms with Crippen molar-refractivity contribution in [1.29, 1.82) is 0 Å². The third-order valence-corrected chi connectivity index (χ3v) is 2.89. The van der Waals surface area contributed by atoms with E-state index < -0.39 is 0 Å². The third kappa shape index (κ3) is 1.78. The molecule has 1 amide bonds. The molecule has 0 unspecified atom stereocenters. The van der Waals surface area contributed by atoms with E-state index in [0.717, 1.165) is 0 Å². The molecule has 1 aromatic carbocycles. The molecule has 2 aromatic heterocycles. The summed E-state index contributed by atoms with van der Waals surface area (Å²) in [6, 6.07) is 5.08. The zero-order chi connectivity index (χ0) is 14.3. The maximum atomic E-state index is 11.8. The van der Waals surface area contributed by atoms with Crippen LogP contribution in [0, 0.1) is 0 Å². The predicted octanol–water partition coefficient (Wildman–Crippen LogP) is 0.693. The zero-order valence-corrected chi connectivity index (χ0v) is 10.9. The van der Waals surface area contributed by atoms with Crippen molar-refractivity contribution in [2.45, 2.75) is 0 Å². The highest BCUT2D eigenvalue weighted by Gasteiger charge is 2.15. The minimum absolute atomic E-state index is 0.172. The Labute approximate surface area is 113 Å². The smallest absolute Gasteiger partial charge is 0.273 e. The summed E-state index contributed by atoms with van der Waals surface area (Å²) in [7, 11) is 3.34. The summed E-state index contributed by atoms with van der Waals surface area (Å²) in [5, 5.41) is 11.8. The van der Waals surface area contributed by atoms with E-state index in [-0.39, 0.29) is 5.91 Å². The Morgan fingerprint density at radius 1 is 1.25 bits per heavy atom. The van der Waals surface area contributed by atoms with Gasteiger partial charge in [0, 0.05) is 20.3 Å². The second-order valence-electron chi connectivity index (χ2n) is 4.48. The fourth-order valence-electron chi connectivity index (χ4n) is 1.86. The first-order chi connectivity index (χ1) is 9.58. The van der Waals surface area contributed by atoms with E-state index in [1.165, 1.54) is 4.90 Å². The molecule has 0 saturated carbocycles. The Balaban J connectivity index is 2.10. The number of amides is 1. The summed E-state index contributed by atoms with van der Waals surface area (Å²) in [5.41, 5.74) is 8.22. The molecule has 102 valence electrons. The molecule has 0 radical (unpaired) electrons. The SMILES string of the molecule is CN(C)C(=O)c1ccn(-c2ccc(N)c3nonc23)n1. The summed E-state index contributed by atoms with van der Waals surface area (Å²) in [6.07, 6.45) is 1.68. The van der Waals surface area contributed by atoms with Crippen molar-refractivity contribution in [3.63, 3.8) is 0 Å². The highest BCUT2D eigenvalue weighted by atomic mass is 16.6. The van der Waals surface area contributed by atoms with Gasteiger partial charge in [-0.05, 0) is 28.5 Å². The Morgan fingerprint density at radius 3 is 2.75 bits per heavy atom. The van der Waals surface area contributed by atoms with Crippen LogP contribution in [0.25, 0.3) is 16.7 Å². The van der Waals surface area contributed by atoms with E-state index in [1.54, 1.807) is 43.2 Å². The summed E-state index contributed by atoms with van der Waals surface area (Å²) in [5.74, 6) is -0.172. The molecule has 8 heteroatoms. The first kappa shape index (κ1) is 12.2. The molecule has 2 heterocycles. The molecule has 8 nitrogen and oxygen atoms in total. The average Bonchev–Trinajstić information content (AvgIpc) is 3.07. The molecular weight excluding hydrogens is 260 g/mol. The molecule has 0 aliphatic rings. The number of nitrogens with zero attached hydrogens (tertiary/aromatic N) is 5. The van der Waals surface area contributed by atoms with Gasteiger partial charge in [-0.2, -0.15) is 5.10 Å². The van der Waals surface area contributed by atoms with E-state index in [2.05, 4.69) is 15.4 Å². The van der Waals surface area contributed by atoms with Crippen molar-refractivity contribution in [1.82, 2.24) is 25.0 Å². The molecule has 3 aromatic rings.